The van der Waals surface area contributed by atoms with Crippen molar-refractivity contribution >= 4 is 17.5 Å². The Morgan fingerprint density at radius 3 is 2.76 bits per heavy atom. The fraction of sp³-hybridized carbons (Fsp3) is 0.812. The number of carbonyl (C=O) groups excluding carboxylic acids is 3. The van der Waals surface area contributed by atoms with Crippen molar-refractivity contribution in [2.45, 2.75) is 57.4 Å². The summed E-state index contributed by atoms with van der Waals surface area (Å²) in [5, 5.41) is 9.93. The molecule has 3 rings (SSSR count). The molecule has 3 heterocycles. The number of carbonyl (C=O) groups is 3. The highest BCUT2D eigenvalue weighted by Gasteiger charge is 2.50. The topological polar surface area (TPSA) is 127 Å². The average molecular weight is 348 g/mol. The molecule has 2 N–H and O–H groups in total. The second-order valence-electron chi connectivity index (χ2n) is 7.24. The van der Waals surface area contributed by atoms with E-state index in [0.29, 0.717) is 12.8 Å². The Kier molecular flexibility index (Phi) is 5.08. The molecule has 25 heavy (non-hydrogen) atoms. The minimum absolute atomic E-state index is 0.0234. The van der Waals surface area contributed by atoms with Gasteiger partial charge in [-0.2, -0.15) is 0 Å². The predicted octanol–water partition coefficient (Wildman–Crippen LogP) is 0.358. The second kappa shape index (κ2) is 7.11. The molecule has 0 aliphatic carbocycles. The van der Waals surface area contributed by atoms with Crippen LogP contribution < -0.4 is 10.6 Å². The molecule has 0 radical (unpaired) electrons. The number of azide groups is 1. The molecular weight excluding hydrogens is 324 g/mol. The number of Topliss-reactive ketones (excluding diaryl/α,β-unsaturated/α-hetero) is 2. The standard InChI is InChI=1S/C16H24N6O3/c1-8-13(23)7-18-9(2)20-14-10(6-19-21-17)5-11-3-4-12(15(8)24)22(11)16(14)25/h8-12,14,18,20H,3-7H2,1-2H3/t8?,9?,10?,11?,12-,14?/m0/s1. The van der Waals surface area contributed by atoms with Crippen LogP contribution in [0.2, 0.25) is 0 Å². The molecular formula is C16H24N6O3. The Labute approximate surface area is 146 Å². The van der Waals surface area contributed by atoms with Crippen molar-refractivity contribution in [3.05, 3.63) is 10.4 Å². The maximum absolute atomic E-state index is 13.1. The summed E-state index contributed by atoms with van der Waals surface area (Å²) in [6.07, 6.45) is 1.76. The van der Waals surface area contributed by atoms with E-state index < -0.39 is 18.0 Å². The van der Waals surface area contributed by atoms with E-state index >= 15 is 0 Å². The number of hydrogen-bond acceptors (Lipinski definition) is 6. The molecule has 5 unspecified atom stereocenters. The maximum Gasteiger partial charge on any atom is 0.240 e. The molecule has 3 fully saturated rings. The molecule has 136 valence electrons. The Morgan fingerprint density at radius 2 is 2.04 bits per heavy atom. The zero-order valence-electron chi connectivity index (χ0n) is 14.5. The summed E-state index contributed by atoms with van der Waals surface area (Å²) in [5.74, 6) is -1.27. The number of fused-ring (bicyclic) bond motifs is 1. The lowest BCUT2D eigenvalue weighted by atomic mass is 9.86. The molecule has 0 aromatic carbocycles. The fourth-order valence-corrected chi connectivity index (χ4v) is 4.29. The molecule has 0 aromatic rings. The zero-order chi connectivity index (χ0) is 18.1. The lowest BCUT2D eigenvalue weighted by Gasteiger charge is -2.43. The van der Waals surface area contributed by atoms with Crippen LogP contribution in [0.25, 0.3) is 10.4 Å². The first-order chi connectivity index (χ1) is 11.9. The van der Waals surface area contributed by atoms with E-state index in [-0.39, 0.29) is 48.7 Å². The van der Waals surface area contributed by atoms with Crippen molar-refractivity contribution in [2.24, 2.45) is 17.0 Å². The number of nitrogens with zero attached hydrogens (tertiary/aromatic N) is 4. The normalized spacial score (nSPS) is 39.0. The SMILES string of the molecule is CC1NCC(=O)C(C)C(=O)[C@@H]2CCC3CC(CN=[N+]=[N-])C(N1)C(=O)N32. The molecule has 1 amide bonds. The summed E-state index contributed by atoms with van der Waals surface area (Å²) in [5.41, 5.74) is 8.63. The number of amides is 1. The van der Waals surface area contributed by atoms with Crippen LogP contribution in [0.5, 0.6) is 0 Å². The Morgan fingerprint density at radius 1 is 1.28 bits per heavy atom. The summed E-state index contributed by atoms with van der Waals surface area (Å²) >= 11 is 0. The molecule has 0 saturated carbocycles. The molecule has 6 atom stereocenters. The van der Waals surface area contributed by atoms with Crippen molar-refractivity contribution in [1.29, 1.82) is 0 Å². The van der Waals surface area contributed by atoms with E-state index in [1.165, 1.54) is 0 Å². The number of ketones is 2. The van der Waals surface area contributed by atoms with Gasteiger partial charge in [0.05, 0.1) is 30.7 Å². The predicted molar refractivity (Wildman–Crippen MR) is 89.3 cm³/mol. The average Bonchev–Trinajstić information content (AvgIpc) is 3.02. The van der Waals surface area contributed by atoms with E-state index in [4.69, 9.17) is 5.53 Å². The van der Waals surface area contributed by atoms with Gasteiger partial charge in [-0.1, -0.05) is 5.11 Å². The quantitative estimate of drug-likeness (QED) is 0.322. The first kappa shape index (κ1) is 17.8. The van der Waals surface area contributed by atoms with Gasteiger partial charge in [0.25, 0.3) is 0 Å². The highest BCUT2D eigenvalue weighted by molar-refractivity contribution is 6.06. The van der Waals surface area contributed by atoms with Crippen molar-refractivity contribution in [3.8, 4) is 0 Å². The third-order valence-corrected chi connectivity index (χ3v) is 5.70. The third kappa shape index (κ3) is 3.27. The van der Waals surface area contributed by atoms with Gasteiger partial charge in [-0.05, 0) is 44.6 Å². The molecule has 0 spiro atoms. The second-order valence-corrected chi connectivity index (χ2v) is 7.24. The van der Waals surface area contributed by atoms with Crippen LogP contribution in [0.15, 0.2) is 5.11 Å². The summed E-state index contributed by atoms with van der Waals surface area (Å²) < 4.78 is 0. The fourth-order valence-electron chi connectivity index (χ4n) is 4.29. The molecule has 0 aromatic heterocycles. The van der Waals surface area contributed by atoms with Crippen LogP contribution in [0.1, 0.15) is 33.1 Å². The summed E-state index contributed by atoms with van der Waals surface area (Å²) in [6.45, 7) is 3.79. The van der Waals surface area contributed by atoms with Crippen LogP contribution >= 0.6 is 0 Å². The van der Waals surface area contributed by atoms with E-state index in [0.717, 1.165) is 6.42 Å². The van der Waals surface area contributed by atoms with Gasteiger partial charge in [-0.3, -0.25) is 25.0 Å². The molecule has 2 bridgehead atoms. The first-order valence-electron chi connectivity index (χ1n) is 8.83. The van der Waals surface area contributed by atoms with Crippen molar-refractivity contribution in [2.75, 3.05) is 13.1 Å². The van der Waals surface area contributed by atoms with Crippen molar-refractivity contribution in [3.63, 3.8) is 0 Å². The smallest absolute Gasteiger partial charge is 0.240 e. The van der Waals surface area contributed by atoms with Gasteiger partial charge in [-0.25, -0.2) is 0 Å². The van der Waals surface area contributed by atoms with Gasteiger partial charge < -0.3 is 4.90 Å². The summed E-state index contributed by atoms with van der Waals surface area (Å²) in [7, 11) is 0. The van der Waals surface area contributed by atoms with Gasteiger partial charge in [0.1, 0.15) is 0 Å². The zero-order valence-corrected chi connectivity index (χ0v) is 14.5. The van der Waals surface area contributed by atoms with Gasteiger partial charge in [-0.15, -0.1) is 0 Å². The minimum atomic E-state index is -0.714. The number of nitrogens with one attached hydrogen (secondary N) is 2. The molecule has 9 nitrogen and oxygen atoms in total. The molecule has 3 aliphatic heterocycles. The molecule has 3 saturated heterocycles. The van der Waals surface area contributed by atoms with Crippen LogP contribution in [-0.4, -0.2) is 59.8 Å². The summed E-state index contributed by atoms with van der Waals surface area (Å²) in [6, 6.07) is -1.07. The van der Waals surface area contributed by atoms with Gasteiger partial charge in [0.2, 0.25) is 5.91 Å². The maximum atomic E-state index is 13.1. The van der Waals surface area contributed by atoms with Crippen molar-refractivity contribution < 1.29 is 14.4 Å². The highest BCUT2D eigenvalue weighted by Crippen LogP contribution is 2.37. The van der Waals surface area contributed by atoms with Crippen LogP contribution in [0.3, 0.4) is 0 Å². The van der Waals surface area contributed by atoms with Crippen LogP contribution in [-0.2, 0) is 14.4 Å². The van der Waals surface area contributed by atoms with Gasteiger partial charge >= 0.3 is 0 Å². The first-order valence-corrected chi connectivity index (χ1v) is 8.83. The van der Waals surface area contributed by atoms with Gasteiger partial charge in [0.15, 0.2) is 11.6 Å². The number of rotatable bonds is 2. The van der Waals surface area contributed by atoms with E-state index in [1.807, 2.05) is 6.92 Å². The summed E-state index contributed by atoms with van der Waals surface area (Å²) in [4.78, 5) is 42.7. The molecule has 3 aliphatic rings. The lowest BCUT2D eigenvalue weighted by Crippen LogP contribution is -2.63. The third-order valence-electron chi connectivity index (χ3n) is 5.70. The Bertz CT molecular complexity index is 631. The number of piperidine rings is 1. The van der Waals surface area contributed by atoms with Crippen molar-refractivity contribution in [1.82, 2.24) is 15.5 Å². The van der Waals surface area contributed by atoms with E-state index in [2.05, 4.69) is 20.7 Å². The Hall–Kier alpha value is -1.96. The largest absolute Gasteiger partial charge is 0.328 e. The van der Waals surface area contributed by atoms with Crippen LogP contribution in [0.4, 0.5) is 0 Å². The van der Waals surface area contributed by atoms with E-state index in [9.17, 15) is 14.4 Å². The highest BCUT2D eigenvalue weighted by atomic mass is 16.2. The Balaban J connectivity index is 1.95. The minimum Gasteiger partial charge on any atom is -0.328 e. The van der Waals surface area contributed by atoms with E-state index in [1.54, 1.807) is 11.8 Å². The number of hydrogen-bond donors (Lipinski definition) is 2. The molecule has 9 heteroatoms. The van der Waals surface area contributed by atoms with Gasteiger partial charge in [0, 0.05) is 17.5 Å². The monoisotopic (exact) mass is 348 g/mol. The lowest BCUT2D eigenvalue weighted by molar-refractivity contribution is -0.148. The van der Waals surface area contributed by atoms with Crippen LogP contribution in [0, 0.1) is 11.8 Å².